The van der Waals surface area contributed by atoms with E-state index in [0.717, 1.165) is 36.4 Å². The summed E-state index contributed by atoms with van der Waals surface area (Å²) in [6.07, 6.45) is 3.90. The number of nitrogens with one attached hydrogen (secondary N) is 2. The summed E-state index contributed by atoms with van der Waals surface area (Å²) in [6.45, 7) is 7.07. The third-order valence-corrected chi connectivity index (χ3v) is 4.12. The molecule has 0 spiro atoms. The monoisotopic (exact) mass is 335 g/mol. The second-order valence-corrected chi connectivity index (χ2v) is 6.26. The standard InChI is InChI=1S/C15H25N7S/c1-5-16-14(17-6-7-22-10-12(2)8-19-22)18-9-13-11-23-15(20-13)21(3)4/h8,10-11H,5-7,9H2,1-4H3,(H2,16,17,18). The summed E-state index contributed by atoms with van der Waals surface area (Å²) in [5, 5.41) is 13.9. The highest BCUT2D eigenvalue weighted by Crippen LogP contribution is 2.18. The van der Waals surface area contributed by atoms with Crippen molar-refractivity contribution < 1.29 is 0 Å². The van der Waals surface area contributed by atoms with Crippen molar-refractivity contribution in [2.24, 2.45) is 4.99 Å². The number of guanidine groups is 1. The number of aliphatic imine (C=N–C) groups is 1. The van der Waals surface area contributed by atoms with Gasteiger partial charge in [-0.3, -0.25) is 4.68 Å². The molecule has 0 unspecified atom stereocenters. The molecular formula is C15H25N7S. The molecule has 0 bridgehead atoms. The highest BCUT2D eigenvalue weighted by atomic mass is 32.1. The Labute approximate surface area is 141 Å². The van der Waals surface area contributed by atoms with Crippen LogP contribution in [0.25, 0.3) is 0 Å². The molecule has 0 radical (unpaired) electrons. The minimum Gasteiger partial charge on any atom is -0.357 e. The number of hydrogen-bond acceptors (Lipinski definition) is 5. The van der Waals surface area contributed by atoms with Crippen LogP contribution in [-0.2, 0) is 13.1 Å². The smallest absolute Gasteiger partial charge is 0.191 e. The van der Waals surface area contributed by atoms with Crippen LogP contribution in [0.15, 0.2) is 22.8 Å². The van der Waals surface area contributed by atoms with Gasteiger partial charge in [-0.2, -0.15) is 5.10 Å². The number of rotatable bonds is 7. The Morgan fingerprint density at radius 3 is 2.83 bits per heavy atom. The maximum Gasteiger partial charge on any atom is 0.191 e. The molecule has 0 saturated heterocycles. The fourth-order valence-corrected chi connectivity index (χ4v) is 2.70. The van der Waals surface area contributed by atoms with Crippen molar-refractivity contribution in [3.8, 4) is 0 Å². The molecule has 2 heterocycles. The molecule has 2 rings (SSSR count). The Morgan fingerprint density at radius 1 is 1.39 bits per heavy atom. The second-order valence-electron chi connectivity index (χ2n) is 5.42. The van der Waals surface area contributed by atoms with E-state index < -0.39 is 0 Å². The summed E-state index contributed by atoms with van der Waals surface area (Å²) < 4.78 is 1.93. The molecule has 2 N–H and O–H groups in total. The van der Waals surface area contributed by atoms with Gasteiger partial charge < -0.3 is 15.5 Å². The Balaban J connectivity index is 1.85. The first-order valence-electron chi connectivity index (χ1n) is 7.71. The lowest BCUT2D eigenvalue weighted by molar-refractivity contribution is 0.597. The van der Waals surface area contributed by atoms with Crippen LogP contribution in [-0.4, -0.2) is 47.9 Å². The summed E-state index contributed by atoms with van der Waals surface area (Å²) in [6, 6.07) is 0. The van der Waals surface area contributed by atoms with Crippen LogP contribution >= 0.6 is 11.3 Å². The van der Waals surface area contributed by atoms with Gasteiger partial charge in [-0.05, 0) is 19.4 Å². The van der Waals surface area contributed by atoms with Gasteiger partial charge in [0.25, 0.3) is 0 Å². The van der Waals surface area contributed by atoms with E-state index in [2.05, 4.69) is 38.0 Å². The molecule has 0 saturated carbocycles. The van der Waals surface area contributed by atoms with Gasteiger partial charge in [0.2, 0.25) is 0 Å². The SMILES string of the molecule is CCNC(=NCc1csc(N(C)C)n1)NCCn1cc(C)cn1. The third-order valence-electron chi connectivity index (χ3n) is 3.06. The summed E-state index contributed by atoms with van der Waals surface area (Å²) >= 11 is 1.63. The van der Waals surface area contributed by atoms with E-state index in [0.29, 0.717) is 6.54 Å². The van der Waals surface area contributed by atoms with Gasteiger partial charge in [-0.25, -0.2) is 9.98 Å². The van der Waals surface area contributed by atoms with E-state index >= 15 is 0 Å². The van der Waals surface area contributed by atoms with Crippen LogP contribution < -0.4 is 15.5 Å². The van der Waals surface area contributed by atoms with Crippen molar-refractivity contribution in [2.45, 2.75) is 26.9 Å². The largest absolute Gasteiger partial charge is 0.357 e. The molecule has 8 heteroatoms. The van der Waals surface area contributed by atoms with Gasteiger partial charge in [0.05, 0.1) is 25.0 Å². The predicted octanol–water partition coefficient (Wildman–Crippen LogP) is 1.47. The van der Waals surface area contributed by atoms with Crippen molar-refractivity contribution in [3.63, 3.8) is 0 Å². The average molecular weight is 335 g/mol. The van der Waals surface area contributed by atoms with Crippen molar-refractivity contribution in [1.29, 1.82) is 0 Å². The van der Waals surface area contributed by atoms with Crippen LogP contribution in [0.3, 0.4) is 0 Å². The van der Waals surface area contributed by atoms with Crippen molar-refractivity contribution >= 4 is 22.4 Å². The fourth-order valence-electron chi connectivity index (χ4n) is 1.95. The molecule has 0 aliphatic carbocycles. The molecule has 2 aromatic heterocycles. The number of aryl methyl sites for hydroxylation is 1. The Hall–Kier alpha value is -2.09. The number of aromatic nitrogens is 3. The number of hydrogen-bond donors (Lipinski definition) is 2. The first-order valence-corrected chi connectivity index (χ1v) is 8.59. The Morgan fingerprint density at radius 2 is 2.22 bits per heavy atom. The van der Waals surface area contributed by atoms with Crippen molar-refractivity contribution in [1.82, 2.24) is 25.4 Å². The molecule has 23 heavy (non-hydrogen) atoms. The average Bonchev–Trinajstić information content (AvgIpc) is 3.14. The Bertz CT molecular complexity index is 629. The molecule has 126 valence electrons. The minimum atomic E-state index is 0.570. The quantitative estimate of drug-likeness (QED) is 0.592. The third kappa shape index (κ3) is 5.55. The van der Waals surface area contributed by atoms with E-state index in [4.69, 9.17) is 0 Å². The van der Waals surface area contributed by atoms with Crippen molar-refractivity contribution in [2.75, 3.05) is 32.1 Å². The predicted molar refractivity (Wildman–Crippen MR) is 96.2 cm³/mol. The van der Waals surface area contributed by atoms with Crippen LogP contribution in [0.5, 0.6) is 0 Å². The van der Waals surface area contributed by atoms with Gasteiger partial charge in [0, 0.05) is 38.8 Å². The molecule has 2 aromatic rings. The van der Waals surface area contributed by atoms with E-state index in [1.165, 1.54) is 5.56 Å². The topological polar surface area (TPSA) is 70.4 Å². The maximum absolute atomic E-state index is 4.58. The lowest BCUT2D eigenvalue weighted by atomic mass is 10.4. The lowest BCUT2D eigenvalue weighted by Crippen LogP contribution is -2.38. The van der Waals surface area contributed by atoms with E-state index in [1.807, 2.05) is 43.0 Å². The maximum atomic E-state index is 4.58. The molecule has 0 aliphatic heterocycles. The van der Waals surface area contributed by atoms with Crippen LogP contribution in [0, 0.1) is 6.92 Å². The van der Waals surface area contributed by atoms with E-state index in [9.17, 15) is 0 Å². The molecule has 0 aliphatic rings. The molecule has 0 fully saturated rings. The number of thiazole rings is 1. The zero-order chi connectivity index (χ0) is 16.7. The highest BCUT2D eigenvalue weighted by Gasteiger charge is 2.04. The van der Waals surface area contributed by atoms with Gasteiger partial charge in [0.15, 0.2) is 11.1 Å². The molecule has 0 amide bonds. The number of anilines is 1. The molecule has 0 atom stereocenters. The van der Waals surface area contributed by atoms with Gasteiger partial charge in [-0.15, -0.1) is 11.3 Å². The van der Waals surface area contributed by atoms with E-state index in [-0.39, 0.29) is 0 Å². The number of nitrogens with zero attached hydrogens (tertiary/aromatic N) is 5. The van der Waals surface area contributed by atoms with Gasteiger partial charge in [0.1, 0.15) is 0 Å². The Kier molecular flexibility index (Phi) is 6.40. The van der Waals surface area contributed by atoms with Gasteiger partial charge in [-0.1, -0.05) is 0 Å². The minimum absolute atomic E-state index is 0.570. The molecular weight excluding hydrogens is 310 g/mol. The summed E-state index contributed by atoms with van der Waals surface area (Å²) in [5.41, 5.74) is 2.16. The van der Waals surface area contributed by atoms with Crippen LogP contribution in [0.1, 0.15) is 18.2 Å². The summed E-state index contributed by atoms with van der Waals surface area (Å²) in [7, 11) is 3.99. The van der Waals surface area contributed by atoms with Crippen LogP contribution in [0.2, 0.25) is 0 Å². The normalized spacial score (nSPS) is 11.6. The molecule has 7 nitrogen and oxygen atoms in total. The summed E-state index contributed by atoms with van der Waals surface area (Å²) in [4.78, 5) is 11.1. The van der Waals surface area contributed by atoms with Crippen molar-refractivity contribution in [3.05, 3.63) is 29.0 Å². The fraction of sp³-hybridized carbons (Fsp3) is 0.533. The lowest BCUT2D eigenvalue weighted by Gasteiger charge is -2.11. The van der Waals surface area contributed by atoms with Gasteiger partial charge >= 0.3 is 0 Å². The second kappa shape index (κ2) is 8.52. The van der Waals surface area contributed by atoms with Crippen LogP contribution in [0.4, 0.5) is 5.13 Å². The first kappa shape index (κ1) is 17.3. The first-order chi connectivity index (χ1) is 11.1. The zero-order valence-electron chi connectivity index (χ0n) is 14.2. The van der Waals surface area contributed by atoms with E-state index in [1.54, 1.807) is 11.3 Å². The molecule has 0 aromatic carbocycles. The highest BCUT2D eigenvalue weighted by molar-refractivity contribution is 7.13. The summed E-state index contributed by atoms with van der Waals surface area (Å²) in [5.74, 6) is 0.802. The zero-order valence-corrected chi connectivity index (χ0v) is 15.0.